The van der Waals surface area contributed by atoms with Crippen molar-refractivity contribution in [1.29, 1.82) is 0 Å². The Morgan fingerprint density at radius 1 is 1.07 bits per heavy atom. The Hall–Kier alpha value is -3.15. The first-order valence-electron chi connectivity index (χ1n) is 9.95. The molecular weight excluding hydrogens is 368 g/mol. The van der Waals surface area contributed by atoms with Gasteiger partial charge in [0, 0.05) is 32.1 Å². The van der Waals surface area contributed by atoms with Crippen LogP contribution in [0.25, 0.3) is 0 Å². The fourth-order valence-corrected chi connectivity index (χ4v) is 3.67. The van der Waals surface area contributed by atoms with Gasteiger partial charge in [-0.25, -0.2) is 4.79 Å². The number of rotatable bonds is 6. The number of carbonyl (C=O) groups is 3. The van der Waals surface area contributed by atoms with Crippen molar-refractivity contribution in [2.75, 3.05) is 29.5 Å². The quantitative estimate of drug-likeness (QED) is 0.703. The Labute approximate surface area is 171 Å². The van der Waals surface area contributed by atoms with Crippen LogP contribution in [0.5, 0.6) is 0 Å². The minimum atomic E-state index is -0.481. The maximum absolute atomic E-state index is 12.9. The Kier molecular flexibility index (Phi) is 6.65. The van der Waals surface area contributed by atoms with E-state index >= 15 is 0 Å². The van der Waals surface area contributed by atoms with Gasteiger partial charge in [-0.1, -0.05) is 30.3 Å². The Morgan fingerprint density at radius 3 is 2.55 bits per heavy atom. The van der Waals surface area contributed by atoms with E-state index < -0.39 is 5.97 Å². The van der Waals surface area contributed by atoms with Crippen LogP contribution in [0.15, 0.2) is 48.5 Å². The first-order valence-corrected chi connectivity index (χ1v) is 9.95. The summed E-state index contributed by atoms with van der Waals surface area (Å²) < 4.78 is 5.11. The highest BCUT2D eigenvalue weighted by molar-refractivity contribution is 6.02. The topological polar surface area (TPSA) is 66.9 Å². The number of carbonyl (C=O) groups excluding carboxylic acids is 3. The molecule has 6 heteroatoms. The summed E-state index contributed by atoms with van der Waals surface area (Å²) in [6, 6.07) is 14.7. The predicted octanol–water partition coefficient (Wildman–Crippen LogP) is 3.59. The molecule has 3 rings (SSSR count). The molecule has 2 aromatic carbocycles. The molecule has 0 aliphatic carbocycles. The number of esters is 1. The normalized spacial score (nSPS) is 12.8. The second-order valence-electron chi connectivity index (χ2n) is 6.94. The van der Waals surface area contributed by atoms with Gasteiger partial charge in [-0.15, -0.1) is 0 Å². The highest BCUT2D eigenvalue weighted by Gasteiger charge is 2.25. The molecule has 0 radical (unpaired) electrons. The van der Waals surface area contributed by atoms with Gasteiger partial charge in [0.1, 0.15) is 0 Å². The lowest BCUT2D eigenvalue weighted by Crippen LogP contribution is -2.39. The molecule has 29 heavy (non-hydrogen) atoms. The molecule has 0 unspecified atom stereocenters. The summed E-state index contributed by atoms with van der Waals surface area (Å²) in [4.78, 5) is 40.8. The van der Waals surface area contributed by atoms with Gasteiger partial charge in [-0.05, 0) is 43.5 Å². The van der Waals surface area contributed by atoms with Gasteiger partial charge >= 0.3 is 5.97 Å². The van der Waals surface area contributed by atoms with Crippen LogP contribution in [0.3, 0.4) is 0 Å². The summed E-state index contributed by atoms with van der Waals surface area (Å²) in [6.07, 6.45) is 2.06. The Morgan fingerprint density at radius 2 is 1.79 bits per heavy atom. The third kappa shape index (κ3) is 4.65. The number of aryl methyl sites for hydroxylation is 1. The summed E-state index contributed by atoms with van der Waals surface area (Å²) in [5, 5.41) is 0. The van der Waals surface area contributed by atoms with Crippen molar-refractivity contribution in [3.63, 3.8) is 0 Å². The highest BCUT2D eigenvalue weighted by Crippen LogP contribution is 2.28. The summed E-state index contributed by atoms with van der Waals surface area (Å²) in [5.41, 5.74) is 2.90. The molecule has 0 aromatic heterocycles. The van der Waals surface area contributed by atoms with Gasteiger partial charge in [-0.3, -0.25) is 9.59 Å². The molecule has 0 bridgehead atoms. The van der Waals surface area contributed by atoms with E-state index in [1.54, 1.807) is 36.1 Å². The monoisotopic (exact) mass is 394 g/mol. The van der Waals surface area contributed by atoms with E-state index in [1.807, 2.05) is 24.3 Å². The van der Waals surface area contributed by atoms with Gasteiger partial charge in [0.15, 0.2) is 0 Å². The summed E-state index contributed by atoms with van der Waals surface area (Å²) >= 11 is 0. The number of anilines is 2. The molecule has 1 aliphatic heterocycles. The summed E-state index contributed by atoms with van der Waals surface area (Å²) in [5.74, 6) is -0.740. The largest absolute Gasteiger partial charge is 0.462 e. The van der Waals surface area contributed by atoms with Crippen molar-refractivity contribution in [1.82, 2.24) is 0 Å². The first-order chi connectivity index (χ1) is 14.0. The van der Waals surface area contributed by atoms with Crippen molar-refractivity contribution in [2.45, 2.75) is 33.1 Å². The van der Waals surface area contributed by atoms with E-state index in [1.165, 1.54) is 17.4 Å². The summed E-state index contributed by atoms with van der Waals surface area (Å²) in [6.45, 7) is 4.29. The van der Waals surface area contributed by atoms with Crippen LogP contribution in [0.1, 0.15) is 42.6 Å². The zero-order valence-electron chi connectivity index (χ0n) is 16.9. The summed E-state index contributed by atoms with van der Waals surface area (Å²) in [7, 11) is 0. The number of nitrogens with zero attached hydrogens (tertiary/aromatic N) is 2. The Bertz CT molecular complexity index is 909. The lowest BCUT2D eigenvalue weighted by atomic mass is 10.0. The zero-order chi connectivity index (χ0) is 20.8. The van der Waals surface area contributed by atoms with Gasteiger partial charge in [-0.2, -0.15) is 0 Å². The lowest BCUT2D eigenvalue weighted by molar-refractivity contribution is -0.118. The molecule has 0 atom stereocenters. The Balaban J connectivity index is 1.77. The van der Waals surface area contributed by atoms with Crippen molar-refractivity contribution in [3.8, 4) is 0 Å². The van der Waals surface area contributed by atoms with E-state index in [2.05, 4.69) is 0 Å². The average Bonchev–Trinajstić information content (AvgIpc) is 2.73. The molecule has 0 saturated heterocycles. The average molecular weight is 394 g/mol. The molecule has 2 aromatic rings. The number of amides is 2. The zero-order valence-corrected chi connectivity index (χ0v) is 16.9. The van der Waals surface area contributed by atoms with E-state index in [0.717, 1.165) is 18.5 Å². The molecule has 0 spiro atoms. The van der Waals surface area contributed by atoms with Crippen LogP contribution < -0.4 is 9.80 Å². The molecule has 1 heterocycles. The van der Waals surface area contributed by atoms with Gasteiger partial charge in [0.2, 0.25) is 11.8 Å². The maximum atomic E-state index is 12.9. The van der Waals surface area contributed by atoms with Crippen LogP contribution in [0, 0.1) is 0 Å². The third-order valence-electron chi connectivity index (χ3n) is 5.03. The highest BCUT2D eigenvalue weighted by atomic mass is 16.5. The SMILES string of the molecule is CCOC(=O)c1ccccc1N(CCC(=O)N1CCCc2ccccc21)C(C)=O. The first kappa shape index (κ1) is 20.6. The molecule has 2 amide bonds. The molecule has 0 saturated carbocycles. The fourth-order valence-electron chi connectivity index (χ4n) is 3.67. The fraction of sp³-hybridized carbons (Fsp3) is 0.348. The minimum Gasteiger partial charge on any atom is -0.462 e. The van der Waals surface area contributed by atoms with Gasteiger partial charge in [0.25, 0.3) is 0 Å². The van der Waals surface area contributed by atoms with E-state index in [4.69, 9.17) is 4.74 Å². The smallest absolute Gasteiger partial charge is 0.340 e. The van der Waals surface area contributed by atoms with Crippen LogP contribution in [0.4, 0.5) is 11.4 Å². The van der Waals surface area contributed by atoms with Crippen LogP contribution in [-0.4, -0.2) is 37.5 Å². The predicted molar refractivity (Wildman–Crippen MR) is 112 cm³/mol. The van der Waals surface area contributed by atoms with Gasteiger partial charge in [0.05, 0.1) is 17.9 Å². The van der Waals surface area contributed by atoms with Crippen molar-refractivity contribution in [3.05, 3.63) is 59.7 Å². The molecule has 1 aliphatic rings. The minimum absolute atomic E-state index is 0.0305. The number of hydrogen-bond donors (Lipinski definition) is 0. The number of fused-ring (bicyclic) bond motifs is 1. The van der Waals surface area contributed by atoms with E-state index in [9.17, 15) is 14.4 Å². The number of benzene rings is 2. The molecule has 0 N–H and O–H groups in total. The van der Waals surface area contributed by atoms with Crippen molar-refractivity contribution >= 4 is 29.2 Å². The van der Waals surface area contributed by atoms with Crippen molar-refractivity contribution in [2.24, 2.45) is 0 Å². The van der Waals surface area contributed by atoms with Crippen LogP contribution in [-0.2, 0) is 20.7 Å². The third-order valence-corrected chi connectivity index (χ3v) is 5.03. The second kappa shape index (κ2) is 9.37. The molecule has 0 fully saturated rings. The van der Waals surface area contributed by atoms with E-state index in [0.29, 0.717) is 17.8 Å². The molecular formula is C23H26N2O4. The number of ether oxygens (including phenoxy) is 1. The molecule has 152 valence electrons. The molecule has 6 nitrogen and oxygen atoms in total. The number of hydrogen-bond acceptors (Lipinski definition) is 4. The maximum Gasteiger partial charge on any atom is 0.340 e. The van der Waals surface area contributed by atoms with Crippen LogP contribution >= 0.6 is 0 Å². The van der Waals surface area contributed by atoms with Gasteiger partial charge < -0.3 is 14.5 Å². The van der Waals surface area contributed by atoms with E-state index in [-0.39, 0.29) is 31.4 Å². The lowest BCUT2D eigenvalue weighted by Gasteiger charge is -2.30. The van der Waals surface area contributed by atoms with Crippen LogP contribution in [0.2, 0.25) is 0 Å². The number of para-hydroxylation sites is 2. The standard InChI is InChI=1S/C23H26N2O4/c1-3-29-23(28)19-11-5-7-13-21(19)24(17(2)26)16-14-22(27)25-15-8-10-18-9-4-6-12-20(18)25/h4-7,9,11-13H,3,8,10,14-16H2,1-2H3. The van der Waals surface area contributed by atoms with Crippen molar-refractivity contribution < 1.29 is 19.1 Å². The second-order valence-corrected chi connectivity index (χ2v) is 6.94.